The van der Waals surface area contributed by atoms with Crippen LogP contribution >= 0.6 is 0 Å². The Hall–Kier alpha value is -3.22. The summed E-state index contributed by atoms with van der Waals surface area (Å²) in [6, 6.07) is 13.1. The van der Waals surface area contributed by atoms with Gasteiger partial charge in [-0.3, -0.25) is 14.4 Å². The maximum atomic E-state index is 14.1. The Morgan fingerprint density at radius 3 is 2.42 bits per heavy atom. The van der Waals surface area contributed by atoms with Crippen LogP contribution in [0.4, 0.5) is 10.1 Å². The lowest BCUT2D eigenvalue weighted by Crippen LogP contribution is -2.56. The standard InChI is InChI=1S/C24H26FN3O3/c1-16(29)26-19-10-8-17(9-11-19)23(30)28-13-4-5-18-15-27(14-12-22(18)28)24(31)20-6-2-3-7-21(20)25/h2-3,6-11,18,22H,4-5,12-15H2,1H3,(H,26,29)/t18-,22+/m1/s1. The Labute approximate surface area is 181 Å². The molecule has 2 aromatic rings. The summed E-state index contributed by atoms with van der Waals surface area (Å²) in [7, 11) is 0. The fourth-order valence-corrected chi connectivity index (χ4v) is 4.71. The number of anilines is 1. The van der Waals surface area contributed by atoms with Gasteiger partial charge in [0.1, 0.15) is 5.82 Å². The summed E-state index contributed by atoms with van der Waals surface area (Å²) < 4.78 is 14.1. The van der Waals surface area contributed by atoms with Crippen molar-refractivity contribution in [2.24, 2.45) is 5.92 Å². The number of fused-ring (bicyclic) bond motifs is 1. The highest BCUT2D eigenvalue weighted by Gasteiger charge is 2.39. The molecule has 2 heterocycles. The first-order valence-corrected chi connectivity index (χ1v) is 10.7. The van der Waals surface area contributed by atoms with Gasteiger partial charge in [-0.2, -0.15) is 0 Å². The molecule has 162 valence electrons. The van der Waals surface area contributed by atoms with E-state index in [9.17, 15) is 18.8 Å². The van der Waals surface area contributed by atoms with Crippen LogP contribution in [0, 0.1) is 11.7 Å². The molecule has 1 N–H and O–H groups in total. The smallest absolute Gasteiger partial charge is 0.256 e. The van der Waals surface area contributed by atoms with Crippen LogP contribution in [-0.2, 0) is 4.79 Å². The topological polar surface area (TPSA) is 69.7 Å². The maximum absolute atomic E-state index is 14.1. The molecule has 3 amide bonds. The number of carbonyl (C=O) groups excluding carboxylic acids is 3. The summed E-state index contributed by atoms with van der Waals surface area (Å²) in [6.45, 7) is 3.16. The Balaban J connectivity index is 1.45. The van der Waals surface area contributed by atoms with Gasteiger partial charge in [-0.05, 0) is 61.6 Å². The second-order valence-electron chi connectivity index (χ2n) is 8.25. The Bertz CT molecular complexity index is 992. The van der Waals surface area contributed by atoms with Crippen molar-refractivity contribution in [1.82, 2.24) is 9.80 Å². The fraction of sp³-hybridized carbons (Fsp3) is 0.375. The first kappa shape index (κ1) is 21.0. The van der Waals surface area contributed by atoms with E-state index < -0.39 is 5.82 Å². The van der Waals surface area contributed by atoms with Crippen molar-refractivity contribution in [2.75, 3.05) is 25.0 Å². The zero-order valence-corrected chi connectivity index (χ0v) is 17.5. The monoisotopic (exact) mass is 423 g/mol. The van der Waals surface area contributed by atoms with Crippen molar-refractivity contribution in [3.05, 3.63) is 65.5 Å². The summed E-state index contributed by atoms with van der Waals surface area (Å²) in [5.41, 5.74) is 1.34. The van der Waals surface area contributed by atoms with Gasteiger partial charge in [-0.25, -0.2) is 4.39 Å². The van der Waals surface area contributed by atoms with Gasteiger partial charge in [0.15, 0.2) is 0 Å². The van der Waals surface area contributed by atoms with Crippen molar-refractivity contribution in [1.29, 1.82) is 0 Å². The lowest BCUT2D eigenvalue weighted by atomic mass is 9.83. The van der Waals surface area contributed by atoms with E-state index >= 15 is 0 Å². The number of likely N-dealkylation sites (tertiary alicyclic amines) is 2. The molecule has 0 radical (unpaired) electrons. The van der Waals surface area contributed by atoms with E-state index in [0.717, 1.165) is 12.8 Å². The molecule has 2 fully saturated rings. The van der Waals surface area contributed by atoms with E-state index in [1.807, 2.05) is 4.90 Å². The van der Waals surface area contributed by atoms with Crippen molar-refractivity contribution >= 4 is 23.4 Å². The summed E-state index contributed by atoms with van der Waals surface area (Å²) in [5, 5.41) is 2.70. The molecular formula is C24H26FN3O3. The molecule has 2 atom stereocenters. The molecule has 0 unspecified atom stereocenters. The third-order valence-corrected chi connectivity index (χ3v) is 6.17. The number of nitrogens with zero attached hydrogens (tertiary/aromatic N) is 2. The molecule has 6 nitrogen and oxygen atoms in total. The number of benzene rings is 2. The third kappa shape index (κ3) is 4.45. The Kier molecular flexibility index (Phi) is 6.02. The largest absolute Gasteiger partial charge is 0.338 e. The molecule has 0 bridgehead atoms. The second kappa shape index (κ2) is 8.88. The molecule has 2 aliphatic heterocycles. The van der Waals surface area contributed by atoms with Gasteiger partial charge in [0.05, 0.1) is 5.56 Å². The molecule has 0 spiro atoms. The van der Waals surface area contributed by atoms with Gasteiger partial charge < -0.3 is 15.1 Å². The second-order valence-corrected chi connectivity index (χ2v) is 8.25. The maximum Gasteiger partial charge on any atom is 0.256 e. The van der Waals surface area contributed by atoms with Gasteiger partial charge >= 0.3 is 0 Å². The van der Waals surface area contributed by atoms with Gasteiger partial charge in [-0.1, -0.05) is 12.1 Å². The average Bonchev–Trinajstić information content (AvgIpc) is 2.78. The zero-order valence-electron chi connectivity index (χ0n) is 17.5. The molecule has 4 rings (SSSR count). The van der Waals surface area contributed by atoms with Crippen LogP contribution in [-0.4, -0.2) is 53.2 Å². The first-order chi connectivity index (χ1) is 14.9. The lowest BCUT2D eigenvalue weighted by molar-refractivity contribution is -0.114. The van der Waals surface area contributed by atoms with Crippen LogP contribution in [0.5, 0.6) is 0 Å². The predicted molar refractivity (Wildman–Crippen MR) is 115 cm³/mol. The lowest BCUT2D eigenvalue weighted by Gasteiger charge is -2.47. The van der Waals surface area contributed by atoms with Crippen molar-refractivity contribution in [2.45, 2.75) is 32.2 Å². The van der Waals surface area contributed by atoms with Crippen LogP contribution < -0.4 is 5.32 Å². The molecule has 0 aromatic heterocycles. The summed E-state index contributed by atoms with van der Waals surface area (Å²) in [5.74, 6) is -0.792. The van der Waals surface area contributed by atoms with Crippen molar-refractivity contribution < 1.29 is 18.8 Å². The molecular weight excluding hydrogens is 397 g/mol. The van der Waals surface area contributed by atoms with Gasteiger partial charge in [-0.15, -0.1) is 0 Å². The highest BCUT2D eigenvalue weighted by Crippen LogP contribution is 2.32. The molecule has 31 heavy (non-hydrogen) atoms. The number of rotatable bonds is 3. The SMILES string of the molecule is CC(=O)Nc1ccc(C(=O)N2CCC[C@@H]3CN(C(=O)c4ccccc4F)CC[C@@H]32)cc1. The van der Waals surface area contributed by atoms with E-state index in [4.69, 9.17) is 0 Å². The van der Waals surface area contributed by atoms with Crippen LogP contribution in [0.3, 0.4) is 0 Å². The van der Waals surface area contributed by atoms with E-state index in [0.29, 0.717) is 37.3 Å². The van der Waals surface area contributed by atoms with Crippen LogP contribution in [0.1, 0.15) is 46.9 Å². The number of hydrogen-bond acceptors (Lipinski definition) is 3. The Morgan fingerprint density at radius 2 is 1.71 bits per heavy atom. The molecule has 0 aliphatic carbocycles. The minimum absolute atomic E-state index is 0.0297. The summed E-state index contributed by atoms with van der Waals surface area (Å²) in [4.78, 5) is 40.8. The van der Waals surface area contributed by atoms with Gasteiger partial charge in [0.25, 0.3) is 11.8 Å². The molecule has 2 saturated heterocycles. The highest BCUT2D eigenvalue weighted by atomic mass is 19.1. The van der Waals surface area contributed by atoms with E-state index in [2.05, 4.69) is 5.32 Å². The predicted octanol–water partition coefficient (Wildman–Crippen LogP) is 3.55. The number of carbonyl (C=O) groups is 3. The molecule has 0 saturated carbocycles. The molecule has 7 heteroatoms. The van der Waals surface area contributed by atoms with Crippen LogP contribution in [0.2, 0.25) is 0 Å². The third-order valence-electron chi connectivity index (χ3n) is 6.17. The normalized spacial score (nSPS) is 20.7. The number of hydrogen-bond donors (Lipinski definition) is 1. The minimum Gasteiger partial charge on any atom is -0.338 e. The van der Waals surface area contributed by atoms with Crippen LogP contribution in [0.15, 0.2) is 48.5 Å². The minimum atomic E-state index is -0.502. The quantitative estimate of drug-likeness (QED) is 0.821. The van der Waals surface area contributed by atoms with Crippen LogP contribution in [0.25, 0.3) is 0 Å². The number of nitrogens with one attached hydrogen (secondary N) is 1. The van der Waals surface area contributed by atoms with E-state index in [-0.39, 0.29) is 35.2 Å². The fourth-order valence-electron chi connectivity index (χ4n) is 4.71. The molecule has 2 aromatic carbocycles. The van der Waals surface area contributed by atoms with E-state index in [1.54, 1.807) is 41.3 Å². The van der Waals surface area contributed by atoms with E-state index in [1.165, 1.54) is 19.1 Å². The van der Waals surface area contributed by atoms with Gasteiger partial charge in [0.2, 0.25) is 5.91 Å². The number of piperidine rings is 2. The van der Waals surface area contributed by atoms with Crippen molar-refractivity contribution in [3.8, 4) is 0 Å². The van der Waals surface area contributed by atoms with Gasteiger partial charge in [0, 0.05) is 43.9 Å². The number of amides is 3. The first-order valence-electron chi connectivity index (χ1n) is 10.7. The van der Waals surface area contributed by atoms with Crippen molar-refractivity contribution in [3.63, 3.8) is 0 Å². The zero-order chi connectivity index (χ0) is 22.0. The highest BCUT2D eigenvalue weighted by molar-refractivity contribution is 5.96. The number of halogens is 1. The average molecular weight is 423 g/mol. The summed E-state index contributed by atoms with van der Waals surface area (Å²) in [6.07, 6.45) is 2.50. The Morgan fingerprint density at radius 1 is 0.968 bits per heavy atom. The summed E-state index contributed by atoms with van der Waals surface area (Å²) >= 11 is 0. The molecule has 2 aliphatic rings.